The van der Waals surface area contributed by atoms with Crippen molar-refractivity contribution in [1.29, 1.82) is 0 Å². The number of nitrogens with zero attached hydrogens (tertiary/aromatic N) is 3. The molecule has 1 rings (SSSR count). The van der Waals surface area contributed by atoms with Gasteiger partial charge in [-0.25, -0.2) is 0 Å². The van der Waals surface area contributed by atoms with E-state index in [1.807, 2.05) is 12.1 Å². The second-order valence-corrected chi connectivity index (χ2v) is 8.29. The zero-order valence-electron chi connectivity index (χ0n) is 20.3. The molecule has 0 bridgehead atoms. The molecule has 1 aromatic carbocycles. The van der Waals surface area contributed by atoms with Gasteiger partial charge in [0.2, 0.25) is 0 Å². The molecule has 0 aromatic heterocycles. The summed E-state index contributed by atoms with van der Waals surface area (Å²) in [6.07, 6.45) is 0.721. The lowest BCUT2D eigenvalue weighted by molar-refractivity contribution is -0.144. The number of thiocarbonyl (C=S) groups is 1. The summed E-state index contributed by atoms with van der Waals surface area (Å²) in [4.78, 5) is 52.1. The van der Waals surface area contributed by atoms with Crippen LogP contribution in [-0.4, -0.2) is 124 Å². The molecular formula is C23H33N5O8S. The molecule has 0 aliphatic heterocycles. The number of carbonyl (C=O) groups is 4. The van der Waals surface area contributed by atoms with Gasteiger partial charge >= 0.3 is 23.9 Å². The van der Waals surface area contributed by atoms with Crippen molar-refractivity contribution in [3.63, 3.8) is 0 Å². The van der Waals surface area contributed by atoms with E-state index >= 15 is 0 Å². The first-order valence-corrected chi connectivity index (χ1v) is 12.0. The van der Waals surface area contributed by atoms with Gasteiger partial charge in [0.1, 0.15) is 6.04 Å². The summed E-state index contributed by atoms with van der Waals surface area (Å²) < 4.78 is 0. The molecule has 0 heterocycles. The number of hydrogen-bond acceptors (Lipinski definition) is 10. The van der Waals surface area contributed by atoms with Crippen molar-refractivity contribution in [3.05, 3.63) is 29.8 Å². The van der Waals surface area contributed by atoms with Crippen LogP contribution in [0.25, 0.3) is 0 Å². The fraction of sp³-hybridized carbons (Fsp3) is 0.522. The maximum absolute atomic E-state index is 12.2. The minimum atomic E-state index is -1.07. The van der Waals surface area contributed by atoms with E-state index in [2.05, 4.69) is 33.0 Å². The van der Waals surface area contributed by atoms with Crippen LogP contribution < -0.4 is 10.6 Å². The Kier molecular flexibility index (Phi) is 15.5. The minimum Gasteiger partial charge on any atom is -0.480 e. The zero-order valence-corrected chi connectivity index (χ0v) is 21.2. The van der Waals surface area contributed by atoms with E-state index in [9.17, 15) is 29.4 Å². The average molecular weight is 540 g/mol. The molecule has 1 unspecified atom stereocenters. The Bertz CT molecular complexity index is 940. The van der Waals surface area contributed by atoms with Crippen molar-refractivity contribution < 1.29 is 39.6 Å². The van der Waals surface area contributed by atoms with E-state index in [4.69, 9.17) is 10.2 Å². The fourth-order valence-electron chi connectivity index (χ4n) is 3.56. The number of carboxylic acids is 4. The standard InChI is InChI=1S/C23H33N5O8S/c29-20(30)13-24-7-9-27(15-22(33)34)11-12-28(10-8-25-14-21(31)32)19(23(35)36)6-3-17-1-4-18(5-2-17)26-16-37/h1-2,4-5,19,24-25H,3,6-15H2,(H,29,30)(H,31,32)(H,33,34)(H,35,36). The highest BCUT2D eigenvalue weighted by Gasteiger charge is 2.26. The maximum Gasteiger partial charge on any atom is 0.320 e. The minimum absolute atomic E-state index is 0.209. The molecule has 204 valence electrons. The second-order valence-electron chi connectivity index (χ2n) is 8.11. The van der Waals surface area contributed by atoms with Crippen LogP contribution in [0.5, 0.6) is 0 Å². The molecule has 1 aromatic rings. The van der Waals surface area contributed by atoms with E-state index in [1.165, 1.54) is 0 Å². The normalized spacial score (nSPS) is 11.7. The van der Waals surface area contributed by atoms with Gasteiger partial charge < -0.3 is 31.1 Å². The van der Waals surface area contributed by atoms with Crippen molar-refractivity contribution >= 4 is 46.9 Å². The van der Waals surface area contributed by atoms with E-state index in [-0.39, 0.29) is 65.3 Å². The predicted molar refractivity (Wildman–Crippen MR) is 138 cm³/mol. The summed E-state index contributed by atoms with van der Waals surface area (Å²) in [5.74, 6) is -4.18. The van der Waals surface area contributed by atoms with Crippen molar-refractivity contribution in [3.8, 4) is 0 Å². The number of hydrogen-bond donors (Lipinski definition) is 6. The van der Waals surface area contributed by atoms with Gasteiger partial charge in [0.25, 0.3) is 0 Å². The van der Waals surface area contributed by atoms with Gasteiger partial charge in [-0.1, -0.05) is 12.1 Å². The second kappa shape index (κ2) is 18.1. The number of aliphatic imine (C=N–C) groups is 1. The molecule has 1 atom stereocenters. The van der Waals surface area contributed by atoms with Gasteiger partial charge in [-0.05, 0) is 42.8 Å². The van der Waals surface area contributed by atoms with Crippen LogP contribution in [0.15, 0.2) is 29.3 Å². The van der Waals surface area contributed by atoms with Crippen molar-refractivity contribution in [1.82, 2.24) is 20.4 Å². The Hall–Kier alpha value is -3.26. The number of benzene rings is 1. The number of isothiocyanates is 1. The third-order valence-electron chi connectivity index (χ3n) is 5.34. The van der Waals surface area contributed by atoms with Gasteiger partial charge in [0.05, 0.1) is 30.5 Å². The lowest BCUT2D eigenvalue weighted by Crippen LogP contribution is -2.49. The molecule has 14 heteroatoms. The Balaban J connectivity index is 2.89. The van der Waals surface area contributed by atoms with E-state index in [0.29, 0.717) is 12.1 Å². The number of aryl methyl sites for hydroxylation is 1. The fourth-order valence-corrected chi connectivity index (χ4v) is 3.67. The van der Waals surface area contributed by atoms with Crippen LogP contribution in [0.2, 0.25) is 0 Å². The number of aliphatic carboxylic acids is 4. The SMILES string of the molecule is O=C(O)CNCCN(CCN(CCNCC(=O)O)C(CCc1ccc(N=C=S)cc1)C(=O)O)CC(=O)O. The van der Waals surface area contributed by atoms with Gasteiger partial charge in [0, 0.05) is 39.3 Å². The summed E-state index contributed by atoms with van der Waals surface area (Å²) in [7, 11) is 0. The molecule has 13 nitrogen and oxygen atoms in total. The summed E-state index contributed by atoms with van der Waals surface area (Å²) in [5, 5.41) is 44.5. The Morgan fingerprint density at radius 3 is 1.97 bits per heavy atom. The lowest BCUT2D eigenvalue weighted by atomic mass is 10.0. The van der Waals surface area contributed by atoms with E-state index in [0.717, 1.165) is 5.56 Å². The van der Waals surface area contributed by atoms with Crippen LogP contribution in [0.4, 0.5) is 5.69 Å². The molecule has 0 radical (unpaired) electrons. The van der Waals surface area contributed by atoms with Crippen LogP contribution >= 0.6 is 12.2 Å². The van der Waals surface area contributed by atoms with E-state index < -0.39 is 29.9 Å². The topological polar surface area (TPSA) is 192 Å². The largest absolute Gasteiger partial charge is 0.480 e. The Labute approximate surface area is 219 Å². The average Bonchev–Trinajstić information content (AvgIpc) is 2.82. The molecule has 0 saturated carbocycles. The molecule has 0 fully saturated rings. The van der Waals surface area contributed by atoms with Crippen molar-refractivity contribution in [2.45, 2.75) is 18.9 Å². The zero-order chi connectivity index (χ0) is 27.6. The Morgan fingerprint density at radius 2 is 1.46 bits per heavy atom. The van der Waals surface area contributed by atoms with Crippen LogP contribution in [-0.2, 0) is 25.6 Å². The maximum atomic E-state index is 12.2. The molecule has 0 spiro atoms. The third-order valence-corrected chi connectivity index (χ3v) is 5.43. The molecule has 0 aliphatic rings. The van der Waals surface area contributed by atoms with Gasteiger partial charge in [0.15, 0.2) is 0 Å². The lowest BCUT2D eigenvalue weighted by Gasteiger charge is -2.31. The highest BCUT2D eigenvalue weighted by Crippen LogP contribution is 2.16. The smallest absolute Gasteiger partial charge is 0.320 e. The van der Waals surface area contributed by atoms with Crippen molar-refractivity contribution in [2.24, 2.45) is 4.99 Å². The van der Waals surface area contributed by atoms with Gasteiger partial charge in [-0.2, -0.15) is 4.99 Å². The summed E-state index contributed by atoms with van der Waals surface area (Å²) in [5.41, 5.74) is 1.53. The predicted octanol–water partition coefficient (Wildman–Crippen LogP) is -0.156. The first-order chi connectivity index (χ1) is 17.6. The van der Waals surface area contributed by atoms with Crippen molar-refractivity contribution in [2.75, 3.05) is 58.9 Å². The first-order valence-electron chi connectivity index (χ1n) is 11.5. The van der Waals surface area contributed by atoms with Crippen LogP contribution in [0.1, 0.15) is 12.0 Å². The molecule has 6 N–H and O–H groups in total. The molecule has 0 saturated heterocycles. The van der Waals surface area contributed by atoms with E-state index in [1.54, 1.807) is 21.9 Å². The van der Waals surface area contributed by atoms with Crippen LogP contribution in [0, 0.1) is 0 Å². The summed E-state index contributed by atoms with van der Waals surface area (Å²) >= 11 is 4.59. The van der Waals surface area contributed by atoms with Gasteiger partial charge in [-0.15, -0.1) is 0 Å². The van der Waals surface area contributed by atoms with Gasteiger partial charge in [-0.3, -0.25) is 29.0 Å². The molecular weight excluding hydrogens is 506 g/mol. The monoisotopic (exact) mass is 539 g/mol. The quantitative estimate of drug-likeness (QED) is 0.0687. The first kappa shape index (κ1) is 31.8. The highest BCUT2D eigenvalue weighted by atomic mass is 32.1. The number of carboxylic acid groups (broad SMARTS) is 4. The molecule has 0 aliphatic carbocycles. The van der Waals surface area contributed by atoms with Crippen LogP contribution in [0.3, 0.4) is 0 Å². The number of rotatable bonds is 21. The molecule has 37 heavy (non-hydrogen) atoms. The highest BCUT2D eigenvalue weighted by molar-refractivity contribution is 7.78. The molecule has 0 amide bonds. The summed E-state index contributed by atoms with van der Waals surface area (Å²) in [6.45, 7) is 0.529. The number of nitrogens with one attached hydrogen (secondary N) is 2. The summed E-state index contributed by atoms with van der Waals surface area (Å²) in [6, 6.07) is 6.24. The Morgan fingerprint density at radius 1 is 0.865 bits per heavy atom. The third kappa shape index (κ3) is 14.8.